The van der Waals surface area contributed by atoms with E-state index in [2.05, 4.69) is 33.5 Å². The third kappa shape index (κ3) is 2.60. The number of hydrogen-bond donors (Lipinski definition) is 0. The van der Waals surface area contributed by atoms with Crippen molar-refractivity contribution >= 4 is 11.8 Å². The molecular formula is C13H19N3O2. The molecule has 2 atom stereocenters. The Morgan fingerprint density at radius 3 is 2.89 bits per heavy atom. The SMILES string of the molecule is COC(=O)c1cncc(N2CCC(C)CC2C)n1. The highest BCUT2D eigenvalue weighted by molar-refractivity contribution is 5.87. The minimum atomic E-state index is -0.442. The monoisotopic (exact) mass is 249 g/mol. The number of esters is 1. The number of carbonyl (C=O) groups excluding carboxylic acids is 1. The molecule has 0 spiro atoms. The van der Waals surface area contributed by atoms with Crippen LogP contribution in [0.15, 0.2) is 12.4 Å². The van der Waals surface area contributed by atoms with Crippen LogP contribution >= 0.6 is 0 Å². The zero-order valence-corrected chi connectivity index (χ0v) is 11.1. The van der Waals surface area contributed by atoms with Crippen molar-refractivity contribution in [2.24, 2.45) is 5.92 Å². The van der Waals surface area contributed by atoms with Crippen molar-refractivity contribution in [3.05, 3.63) is 18.1 Å². The summed E-state index contributed by atoms with van der Waals surface area (Å²) < 4.78 is 4.66. The molecular weight excluding hydrogens is 230 g/mol. The molecule has 0 N–H and O–H groups in total. The second kappa shape index (κ2) is 5.33. The normalized spacial score (nSPS) is 23.8. The highest BCUT2D eigenvalue weighted by atomic mass is 16.5. The molecule has 18 heavy (non-hydrogen) atoms. The van der Waals surface area contributed by atoms with Crippen LogP contribution in [-0.2, 0) is 4.74 Å². The molecule has 1 aliphatic heterocycles. The average Bonchev–Trinajstić information content (AvgIpc) is 2.38. The second-order valence-corrected chi connectivity index (χ2v) is 4.93. The van der Waals surface area contributed by atoms with Crippen molar-refractivity contribution in [1.29, 1.82) is 0 Å². The van der Waals surface area contributed by atoms with Gasteiger partial charge in [-0.15, -0.1) is 0 Å². The first-order chi connectivity index (χ1) is 8.61. The maximum absolute atomic E-state index is 11.4. The van der Waals surface area contributed by atoms with Crippen molar-refractivity contribution < 1.29 is 9.53 Å². The Kier molecular flexibility index (Phi) is 3.79. The molecule has 2 unspecified atom stereocenters. The zero-order valence-electron chi connectivity index (χ0n) is 11.1. The Morgan fingerprint density at radius 2 is 2.22 bits per heavy atom. The lowest BCUT2D eigenvalue weighted by Crippen LogP contribution is -2.41. The molecule has 1 saturated heterocycles. The predicted octanol–water partition coefficient (Wildman–Crippen LogP) is 1.89. The van der Waals surface area contributed by atoms with Crippen LogP contribution in [0.3, 0.4) is 0 Å². The van der Waals surface area contributed by atoms with E-state index in [9.17, 15) is 4.79 Å². The highest BCUT2D eigenvalue weighted by Gasteiger charge is 2.24. The van der Waals surface area contributed by atoms with Crippen molar-refractivity contribution in [2.75, 3.05) is 18.6 Å². The molecule has 5 heteroatoms. The molecule has 1 fully saturated rings. The molecule has 2 rings (SSSR count). The zero-order chi connectivity index (χ0) is 13.1. The van der Waals surface area contributed by atoms with E-state index in [-0.39, 0.29) is 5.69 Å². The van der Waals surface area contributed by atoms with E-state index >= 15 is 0 Å². The summed E-state index contributed by atoms with van der Waals surface area (Å²) in [4.78, 5) is 22.1. The maximum atomic E-state index is 11.4. The van der Waals surface area contributed by atoms with Gasteiger partial charge in [-0.2, -0.15) is 0 Å². The van der Waals surface area contributed by atoms with Gasteiger partial charge in [0.05, 0.1) is 19.5 Å². The lowest BCUT2D eigenvalue weighted by atomic mass is 9.93. The molecule has 0 radical (unpaired) electrons. The van der Waals surface area contributed by atoms with Gasteiger partial charge >= 0.3 is 5.97 Å². The number of hydrogen-bond acceptors (Lipinski definition) is 5. The molecule has 0 saturated carbocycles. The number of anilines is 1. The molecule has 0 bridgehead atoms. The van der Waals surface area contributed by atoms with Crippen LogP contribution in [-0.4, -0.2) is 35.6 Å². The van der Waals surface area contributed by atoms with Gasteiger partial charge < -0.3 is 9.64 Å². The van der Waals surface area contributed by atoms with Crippen LogP contribution in [0, 0.1) is 5.92 Å². The van der Waals surface area contributed by atoms with E-state index < -0.39 is 5.97 Å². The molecule has 0 aromatic carbocycles. The van der Waals surface area contributed by atoms with Crippen molar-refractivity contribution in [3.63, 3.8) is 0 Å². The Bertz CT molecular complexity index is 436. The topological polar surface area (TPSA) is 55.3 Å². The average molecular weight is 249 g/mol. The maximum Gasteiger partial charge on any atom is 0.358 e. The molecule has 98 valence electrons. The summed E-state index contributed by atoms with van der Waals surface area (Å²) in [6.45, 7) is 5.41. The van der Waals surface area contributed by atoms with Gasteiger partial charge in [0.15, 0.2) is 5.69 Å². The molecule has 2 heterocycles. The fourth-order valence-corrected chi connectivity index (χ4v) is 2.44. The Hall–Kier alpha value is -1.65. The van der Waals surface area contributed by atoms with Crippen LogP contribution in [0.1, 0.15) is 37.2 Å². The summed E-state index contributed by atoms with van der Waals surface area (Å²) in [5.74, 6) is 1.06. The number of carbonyl (C=O) groups is 1. The second-order valence-electron chi connectivity index (χ2n) is 4.93. The van der Waals surface area contributed by atoms with Gasteiger partial charge in [-0.3, -0.25) is 4.98 Å². The lowest BCUT2D eigenvalue weighted by Gasteiger charge is -2.37. The molecule has 1 aromatic heterocycles. The van der Waals surface area contributed by atoms with E-state index in [1.807, 2.05) is 0 Å². The minimum Gasteiger partial charge on any atom is -0.464 e. The molecule has 1 aromatic rings. The van der Waals surface area contributed by atoms with Gasteiger partial charge in [-0.25, -0.2) is 9.78 Å². The van der Waals surface area contributed by atoms with E-state index in [4.69, 9.17) is 0 Å². The van der Waals surface area contributed by atoms with E-state index in [1.165, 1.54) is 13.3 Å². The Morgan fingerprint density at radius 1 is 1.44 bits per heavy atom. The van der Waals surface area contributed by atoms with Gasteiger partial charge in [0.1, 0.15) is 5.82 Å². The first kappa shape index (κ1) is 12.8. The van der Waals surface area contributed by atoms with Gasteiger partial charge in [-0.05, 0) is 25.7 Å². The summed E-state index contributed by atoms with van der Waals surface area (Å²) in [6.07, 6.45) is 5.43. The number of ether oxygens (including phenoxy) is 1. The third-order valence-electron chi connectivity index (χ3n) is 3.45. The van der Waals surface area contributed by atoms with Crippen LogP contribution in [0.4, 0.5) is 5.82 Å². The fourth-order valence-electron chi connectivity index (χ4n) is 2.44. The van der Waals surface area contributed by atoms with Crippen molar-refractivity contribution in [2.45, 2.75) is 32.7 Å². The fraction of sp³-hybridized carbons (Fsp3) is 0.615. The van der Waals surface area contributed by atoms with Crippen molar-refractivity contribution in [1.82, 2.24) is 9.97 Å². The molecule has 1 aliphatic rings. The standard InChI is InChI=1S/C13H19N3O2/c1-9-4-5-16(10(2)6-9)12-8-14-7-11(15-12)13(17)18-3/h7-10H,4-6H2,1-3H3. The van der Waals surface area contributed by atoms with E-state index in [0.29, 0.717) is 6.04 Å². The van der Waals surface area contributed by atoms with Crippen LogP contribution in [0.2, 0.25) is 0 Å². The molecule has 0 aliphatic carbocycles. The number of nitrogens with zero attached hydrogens (tertiary/aromatic N) is 3. The number of rotatable bonds is 2. The van der Waals surface area contributed by atoms with Gasteiger partial charge in [-0.1, -0.05) is 6.92 Å². The van der Waals surface area contributed by atoms with Gasteiger partial charge in [0.2, 0.25) is 0 Å². The summed E-state index contributed by atoms with van der Waals surface area (Å²) in [7, 11) is 1.35. The summed E-state index contributed by atoms with van der Waals surface area (Å²) in [6, 6.07) is 0.427. The van der Waals surface area contributed by atoms with Crippen LogP contribution in [0.5, 0.6) is 0 Å². The highest BCUT2D eigenvalue weighted by Crippen LogP contribution is 2.26. The predicted molar refractivity (Wildman–Crippen MR) is 68.6 cm³/mol. The molecule has 0 amide bonds. The smallest absolute Gasteiger partial charge is 0.358 e. The summed E-state index contributed by atoms with van der Waals surface area (Å²) in [5.41, 5.74) is 0.265. The van der Waals surface area contributed by atoms with E-state index in [1.54, 1.807) is 6.20 Å². The third-order valence-corrected chi connectivity index (χ3v) is 3.45. The first-order valence-corrected chi connectivity index (χ1v) is 6.28. The van der Waals surface area contributed by atoms with E-state index in [0.717, 1.165) is 31.1 Å². The summed E-state index contributed by atoms with van der Waals surface area (Å²) in [5, 5.41) is 0. The lowest BCUT2D eigenvalue weighted by molar-refractivity contribution is 0.0593. The Balaban J connectivity index is 2.20. The largest absolute Gasteiger partial charge is 0.464 e. The minimum absolute atomic E-state index is 0.265. The van der Waals surface area contributed by atoms with Crippen molar-refractivity contribution in [3.8, 4) is 0 Å². The number of aromatic nitrogens is 2. The van der Waals surface area contributed by atoms with Crippen LogP contribution < -0.4 is 4.90 Å². The quantitative estimate of drug-likeness (QED) is 0.749. The number of piperidine rings is 1. The Labute approximate surface area is 107 Å². The summed E-state index contributed by atoms with van der Waals surface area (Å²) >= 11 is 0. The van der Waals surface area contributed by atoms with Gasteiger partial charge in [0, 0.05) is 12.6 Å². The molecule has 5 nitrogen and oxygen atoms in total. The van der Waals surface area contributed by atoms with Crippen LogP contribution in [0.25, 0.3) is 0 Å². The number of methoxy groups -OCH3 is 1. The first-order valence-electron chi connectivity index (χ1n) is 6.28. The van der Waals surface area contributed by atoms with Gasteiger partial charge in [0.25, 0.3) is 0 Å².